The van der Waals surface area contributed by atoms with Crippen molar-refractivity contribution < 1.29 is 9.21 Å². The first kappa shape index (κ1) is 23.1. The van der Waals surface area contributed by atoms with Crippen LogP contribution in [0.25, 0.3) is 0 Å². The molecule has 2 atom stereocenters. The summed E-state index contributed by atoms with van der Waals surface area (Å²) in [4.78, 5) is 23.1. The van der Waals surface area contributed by atoms with Gasteiger partial charge >= 0.3 is 6.01 Å². The molecule has 8 nitrogen and oxygen atoms in total. The van der Waals surface area contributed by atoms with Crippen LogP contribution < -0.4 is 5.32 Å². The fraction of sp³-hybridized carbons (Fsp3) is 0.429. The van der Waals surface area contributed by atoms with Gasteiger partial charge in [0.1, 0.15) is 0 Å². The number of ketones is 1. The molecule has 0 spiro atoms. The quantitative estimate of drug-likeness (QED) is 0.591. The molecule has 2 fully saturated rings. The fourth-order valence-electron chi connectivity index (χ4n) is 5.76. The van der Waals surface area contributed by atoms with Gasteiger partial charge < -0.3 is 14.6 Å². The van der Waals surface area contributed by atoms with Gasteiger partial charge in [-0.3, -0.25) is 14.7 Å². The highest BCUT2D eigenvalue weighted by Crippen LogP contribution is 2.36. The summed E-state index contributed by atoms with van der Waals surface area (Å²) in [6.45, 7) is 3.31. The summed E-state index contributed by atoms with van der Waals surface area (Å²) in [5.74, 6) is 0.604. The second kappa shape index (κ2) is 9.95. The summed E-state index contributed by atoms with van der Waals surface area (Å²) in [6, 6.07) is 18.9. The summed E-state index contributed by atoms with van der Waals surface area (Å²) in [5, 5.41) is 11.8. The van der Waals surface area contributed by atoms with E-state index in [0.29, 0.717) is 18.4 Å². The van der Waals surface area contributed by atoms with E-state index in [9.17, 15) is 4.79 Å². The molecule has 0 saturated carbocycles. The molecule has 0 bridgehead atoms. The maximum Gasteiger partial charge on any atom is 0.317 e. The molecule has 3 aliphatic heterocycles. The zero-order valence-electron chi connectivity index (χ0n) is 20.6. The zero-order chi connectivity index (χ0) is 24.5. The lowest BCUT2D eigenvalue weighted by Gasteiger charge is -2.37. The van der Waals surface area contributed by atoms with Crippen LogP contribution in [0.4, 0.5) is 6.01 Å². The Morgan fingerprint density at radius 3 is 2.56 bits per heavy atom. The number of benzene rings is 2. The molecule has 186 valence electrons. The van der Waals surface area contributed by atoms with Crippen molar-refractivity contribution in [2.75, 3.05) is 32.0 Å². The molecule has 0 aliphatic carbocycles. The summed E-state index contributed by atoms with van der Waals surface area (Å²) >= 11 is 0. The summed E-state index contributed by atoms with van der Waals surface area (Å²) in [7, 11) is 2.19. The Hall–Kier alpha value is -3.36. The first-order chi connectivity index (χ1) is 17.7. The normalized spacial score (nSPS) is 23.8. The average molecular weight is 485 g/mol. The van der Waals surface area contributed by atoms with Gasteiger partial charge in [-0.15, -0.1) is 5.10 Å². The van der Waals surface area contributed by atoms with E-state index in [1.54, 1.807) is 0 Å². The molecule has 3 aliphatic rings. The van der Waals surface area contributed by atoms with Gasteiger partial charge in [-0.1, -0.05) is 59.7 Å². The van der Waals surface area contributed by atoms with Crippen molar-refractivity contribution in [1.29, 1.82) is 0 Å². The minimum absolute atomic E-state index is 0.0260. The Kier molecular flexibility index (Phi) is 6.37. The second-order valence-corrected chi connectivity index (χ2v) is 10.1. The van der Waals surface area contributed by atoms with Crippen molar-refractivity contribution in [2.45, 2.75) is 50.4 Å². The molecule has 4 heterocycles. The molecule has 1 N–H and O–H groups in total. The zero-order valence-corrected chi connectivity index (χ0v) is 20.6. The second-order valence-electron chi connectivity index (χ2n) is 10.1. The van der Waals surface area contributed by atoms with E-state index < -0.39 is 6.17 Å². The van der Waals surface area contributed by atoms with Crippen LogP contribution in [-0.2, 0) is 11.2 Å². The van der Waals surface area contributed by atoms with Gasteiger partial charge in [-0.2, -0.15) is 0 Å². The van der Waals surface area contributed by atoms with E-state index in [-0.39, 0.29) is 17.8 Å². The first-order valence-electron chi connectivity index (χ1n) is 12.9. The largest absolute Gasteiger partial charge is 0.406 e. The van der Waals surface area contributed by atoms with Crippen molar-refractivity contribution in [1.82, 2.24) is 20.0 Å². The number of anilines is 1. The number of Topliss-reactive ketones (excluding diaryl/α,β-unsaturated/α-hetero) is 1. The predicted octanol–water partition coefficient (Wildman–Crippen LogP) is 3.70. The standard InChI is InChI=1S/C28H32N6O2/c1-33-16-13-21(14-17-33)34-15-7-12-23(34)27-31-32-28(36-27)30-26-24(35)18-20-10-5-6-11-22(20)25(29-26)19-8-3-2-4-9-19/h2-6,8-11,21,23,26H,7,12-18H2,1H3,(H,30,32)/t23-,26?/m0/s1. The maximum absolute atomic E-state index is 13.2. The third kappa shape index (κ3) is 4.58. The third-order valence-corrected chi connectivity index (χ3v) is 7.68. The van der Waals surface area contributed by atoms with Gasteiger partial charge in [0.15, 0.2) is 11.9 Å². The topological polar surface area (TPSA) is 86.9 Å². The van der Waals surface area contributed by atoms with Crippen LogP contribution in [0.5, 0.6) is 0 Å². The molecule has 3 aromatic rings. The molecule has 0 radical (unpaired) electrons. The number of aliphatic imine (C=N–C) groups is 1. The Morgan fingerprint density at radius 1 is 0.944 bits per heavy atom. The van der Waals surface area contributed by atoms with Gasteiger partial charge in [0.2, 0.25) is 5.89 Å². The number of rotatable bonds is 5. The number of hydrogen-bond acceptors (Lipinski definition) is 8. The fourth-order valence-corrected chi connectivity index (χ4v) is 5.76. The molecule has 1 aromatic heterocycles. The number of hydrogen-bond donors (Lipinski definition) is 1. The minimum atomic E-state index is -0.797. The lowest BCUT2D eigenvalue weighted by molar-refractivity contribution is -0.119. The van der Waals surface area contributed by atoms with Crippen LogP contribution in [0.15, 0.2) is 64.0 Å². The Labute approximate surface area is 211 Å². The number of carbonyl (C=O) groups is 1. The van der Waals surface area contributed by atoms with E-state index in [2.05, 4.69) is 32.4 Å². The molecule has 6 rings (SSSR count). The highest BCUT2D eigenvalue weighted by Gasteiger charge is 2.36. The Morgan fingerprint density at radius 2 is 1.72 bits per heavy atom. The Bertz CT molecular complexity index is 1250. The van der Waals surface area contributed by atoms with Gasteiger partial charge in [-0.05, 0) is 57.9 Å². The van der Waals surface area contributed by atoms with Gasteiger partial charge in [-0.25, -0.2) is 0 Å². The molecule has 1 unspecified atom stereocenters. The Balaban J connectivity index is 1.24. The van der Waals surface area contributed by atoms with Gasteiger partial charge in [0, 0.05) is 23.6 Å². The van der Waals surface area contributed by atoms with Gasteiger partial charge in [0.25, 0.3) is 0 Å². The van der Waals surface area contributed by atoms with Crippen LogP contribution in [0.3, 0.4) is 0 Å². The van der Waals surface area contributed by atoms with Crippen LogP contribution in [0.1, 0.15) is 54.3 Å². The van der Waals surface area contributed by atoms with Crippen molar-refractivity contribution >= 4 is 17.5 Å². The van der Waals surface area contributed by atoms with Crippen LogP contribution in [-0.4, -0.2) is 70.4 Å². The van der Waals surface area contributed by atoms with E-state index in [4.69, 9.17) is 9.41 Å². The predicted molar refractivity (Wildman–Crippen MR) is 138 cm³/mol. The molecule has 8 heteroatoms. The number of piperidine rings is 1. The van der Waals surface area contributed by atoms with Crippen molar-refractivity contribution in [3.05, 3.63) is 77.2 Å². The van der Waals surface area contributed by atoms with Crippen molar-refractivity contribution in [3.8, 4) is 0 Å². The van der Waals surface area contributed by atoms with E-state index >= 15 is 0 Å². The van der Waals surface area contributed by atoms with Crippen LogP contribution in [0.2, 0.25) is 0 Å². The molecular formula is C28H32N6O2. The smallest absolute Gasteiger partial charge is 0.317 e. The number of nitrogens with zero attached hydrogens (tertiary/aromatic N) is 5. The summed E-state index contributed by atoms with van der Waals surface area (Å²) in [5.41, 5.74) is 3.71. The molecule has 0 amide bonds. The number of aromatic nitrogens is 2. The average Bonchev–Trinajstić information content (AvgIpc) is 3.55. The first-order valence-corrected chi connectivity index (χ1v) is 12.9. The highest BCUT2D eigenvalue weighted by molar-refractivity contribution is 6.16. The lowest BCUT2D eigenvalue weighted by Crippen LogP contribution is -2.43. The third-order valence-electron chi connectivity index (χ3n) is 7.68. The van der Waals surface area contributed by atoms with Crippen molar-refractivity contribution in [3.63, 3.8) is 0 Å². The number of nitrogens with one attached hydrogen (secondary N) is 1. The van der Waals surface area contributed by atoms with E-state index in [1.165, 1.54) is 12.8 Å². The SMILES string of the molecule is CN1CCC(N2CCC[C@H]2c2nnc(NC3N=C(c4ccccc4)c4ccccc4CC3=O)o2)CC1. The van der Waals surface area contributed by atoms with E-state index in [1.807, 2.05) is 54.6 Å². The lowest BCUT2D eigenvalue weighted by atomic mass is 9.96. The van der Waals surface area contributed by atoms with Crippen LogP contribution in [0, 0.1) is 0 Å². The molecule has 2 aromatic carbocycles. The molecule has 2 saturated heterocycles. The molecular weight excluding hydrogens is 452 g/mol. The summed E-state index contributed by atoms with van der Waals surface area (Å²) < 4.78 is 6.11. The minimum Gasteiger partial charge on any atom is -0.406 e. The van der Waals surface area contributed by atoms with E-state index in [0.717, 1.165) is 54.9 Å². The number of likely N-dealkylation sites (tertiary alicyclic amines) is 2. The number of fused-ring (bicyclic) bond motifs is 1. The van der Waals surface area contributed by atoms with Crippen LogP contribution >= 0.6 is 0 Å². The van der Waals surface area contributed by atoms with Gasteiger partial charge in [0.05, 0.1) is 11.8 Å². The maximum atomic E-state index is 13.2. The monoisotopic (exact) mass is 484 g/mol. The van der Waals surface area contributed by atoms with Crippen molar-refractivity contribution in [2.24, 2.45) is 4.99 Å². The summed E-state index contributed by atoms with van der Waals surface area (Å²) in [6.07, 6.45) is 3.98. The highest BCUT2D eigenvalue weighted by atomic mass is 16.4. The molecule has 36 heavy (non-hydrogen) atoms. The number of carbonyl (C=O) groups excluding carboxylic acids is 1.